The van der Waals surface area contributed by atoms with E-state index in [1.165, 1.54) is 12.1 Å². The van der Waals surface area contributed by atoms with Crippen molar-refractivity contribution in [3.63, 3.8) is 0 Å². The Hall–Kier alpha value is -0.840. The van der Waals surface area contributed by atoms with Gasteiger partial charge in [0, 0.05) is 3.57 Å². The van der Waals surface area contributed by atoms with Crippen molar-refractivity contribution >= 4 is 22.6 Å². The van der Waals surface area contributed by atoms with Crippen molar-refractivity contribution in [2.45, 2.75) is 12.6 Å². The van der Waals surface area contributed by atoms with Crippen LogP contribution in [0.3, 0.4) is 0 Å². The van der Waals surface area contributed by atoms with Crippen molar-refractivity contribution in [1.29, 1.82) is 5.26 Å². The maximum Gasteiger partial charge on any atom is 0.434 e. The molecule has 0 aliphatic rings. The van der Waals surface area contributed by atoms with E-state index in [1.54, 1.807) is 28.7 Å². The predicted octanol–water partition coefficient (Wildman–Crippen LogP) is 2.77. The van der Waals surface area contributed by atoms with Crippen LogP contribution in [0.4, 0.5) is 13.2 Å². The van der Waals surface area contributed by atoms with Gasteiger partial charge in [-0.2, -0.15) is 18.4 Å². The molecular weight excluding hydrogens is 308 g/mol. The van der Waals surface area contributed by atoms with Crippen molar-refractivity contribution in [3.8, 4) is 6.07 Å². The first-order valence-corrected chi connectivity index (χ1v) is 4.62. The summed E-state index contributed by atoms with van der Waals surface area (Å²) >= 11 is 1.57. The first kappa shape index (κ1) is 11.2. The summed E-state index contributed by atoms with van der Waals surface area (Å²) in [7, 11) is 0. The number of alkyl halides is 3. The number of aromatic nitrogens is 1. The molecule has 0 aliphatic carbocycles. The molecule has 1 heterocycles. The van der Waals surface area contributed by atoms with Gasteiger partial charge in [0.25, 0.3) is 0 Å². The molecule has 74 valence electrons. The Morgan fingerprint density at radius 1 is 1.43 bits per heavy atom. The summed E-state index contributed by atoms with van der Waals surface area (Å²) in [5, 5.41) is 8.31. The van der Waals surface area contributed by atoms with E-state index >= 15 is 0 Å². The van der Waals surface area contributed by atoms with E-state index in [-0.39, 0.29) is 15.7 Å². The smallest absolute Gasteiger partial charge is 0.246 e. The molecule has 1 rings (SSSR count). The Kier molecular flexibility index (Phi) is 3.31. The molecule has 0 amide bonds. The zero-order valence-electron chi connectivity index (χ0n) is 6.77. The summed E-state index contributed by atoms with van der Waals surface area (Å²) in [5.74, 6) is 0. The third-order valence-corrected chi connectivity index (χ3v) is 2.30. The van der Waals surface area contributed by atoms with E-state index in [9.17, 15) is 13.2 Å². The van der Waals surface area contributed by atoms with Gasteiger partial charge in [-0.1, -0.05) is 0 Å². The quantitative estimate of drug-likeness (QED) is 0.748. The van der Waals surface area contributed by atoms with Crippen molar-refractivity contribution in [3.05, 3.63) is 27.1 Å². The lowest BCUT2D eigenvalue weighted by molar-refractivity contribution is -0.142. The van der Waals surface area contributed by atoms with Crippen LogP contribution in [0.2, 0.25) is 0 Å². The molecule has 6 heteroatoms. The van der Waals surface area contributed by atoms with Crippen molar-refractivity contribution < 1.29 is 13.2 Å². The number of rotatable bonds is 1. The molecular formula is C8H4F3IN2. The van der Waals surface area contributed by atoms with E-state index in [0.717, 1.165) is 0 Å². The molecule has 14 heavy (non-hydrogen) atoms. The summed E-state index contributed by atoms with van der Waals surface area (Å²) in [6, 6.07) is 4.48. The third kappa shape index (κ3) is 2.57. The summed E-state index contributed by atoms with van der Waals surface area (Å²) in [6.07, 6.45) is -4.57. The van der Waals surface area contributed by atoms with Gasteiger partial charge in [0.15, 0.2) is 5.69 Å². The van der Waals surface area contributed by atoms with Crippen LogP contribution in [0.15, 0.2) is 12.1 Å². The number of nitriles is 1. The highest BCUT2D eigenvalue weighted by Crippen LogP contribution is 2.31. The van der Waals surface area contributed by atoms with Crippen LogP contribution in [0.25, 0.3) is 0 Å². The molecule has 0 fully saturated rings. The molecule has 1 aromatic heterocycles. The topological polar surface area (TPSA) is 36.7 Å². The van der Waals surface area contributed by atoms with Crippen LogP contribution in [-0.2, 0) is 12.6 Å². The fraction of sp³-hybridized carbons (Fsp3) is 0.250. The van der Waals surface area contributed by atoms with Crippen LogP contribution in [0.5, 0.6) is 0 Å². The minimum absolute atomic E-state index is 0.0387. The standard InChI is InChI=1S/C8H4F3IN2/c9-8(10,11)7-6(12)2-1-5(14-7)3-4-13/h1-2H,3H2. The van der Waals surface area contributed by atoms with Gasteiger partial charge in [0.2, 0.25) is 0 Å². The van der Waals surface area contributed by atoms with Gasteiger partial charge < -0.3 is 0 Å². The SMILES string of the molecule is N#CCc1ccc(I)c(C(F)(F)F)n1. The van der Waals surface area contributed by atoms with Crippen molar-refractivity contribution in [2.75, 3.05) is 0 Å². The average molecular weight is 312 g/mol. The lowest BCUT2D eigenvalue weighted by Crippen LogP contribution is -2.11. The van der Waals surface area contributed by atoms with E-state index in [4.69, 9.17) is 5.26 Å². The van der Waals surface area contributed by atoms with Crippen LogP contribution < -0.4 is 0 Å². The third-order valence-electron chi connectivity index (χ3n) is 1.43. The summed E-state index contributed by atoms with van der Waals surface area (Å²) < 4.78 is 37.0. The fourth-order valence-electron chi connectivity index (χ4n) is 0.861. The minimum atomic E-state index is -4.46. The molecule has 0 spiro atoms. The van der Waals surface area contributed by atoms with Crippen LogP contribution in [0.1, 0.15) is 11.4 Å². The highest BCUT2D eigenvalue weighted by atomic mass is 127. The van der Waals surface area contributed by atoms with Crippen LogP contribution in [0, 0.1) is 14.9 Å². The molecule has 0 aliphatic heterocycles. The molecule has 0 atom stereocenters. The number of pyridine rings is 1. The van der Waals surface area contributed by atoms with Gasteiger partial charge >= 0.3 is 6.18 Å². The normalized spacial score (nSPS) is 11.1. The molecule has 0 saturated heterocycles. The Balaban J connectivity index is 3.17. The Labute approximate surface area is 91.9 Å². The molecule has 0 radical (unpaired) electrons. The second-order valence-corrected chi connectivity index (χ2v) is 3.63. The number of hydrogen-bond acceptors (Lipinski definition) is 2. The maximum atomic E-state index is 12.3. The zero-order valence-corrected chi connectivity index (χ0v) is 8.93. The van der Waals surface area contributed by atoms with E-state index < -0.39 is 11.9 Å². The Morgan fingerprint density at radius 2 is 2.07 bits per heavy atom. The van der Waals surface area contributed by atoms with E-state index in [1.807, 2.05) is 0 Å². The zero-order chi connectivity index (χ0) is 10.8. The van der Waals surface area contributed by atoms with Gasteiger partial charge in [0.1, 0.15) is 0 Å². The minimum Gasteiger partial charge on any atom is -0.246 e. The van der Waals surface area contributed by atoms with Gasteiger partial charge in [-0.25, -0.2) is 4.98 Å². The highest BCUT2D eigenvalue weighted by molar-refractivity contribution is 14.1. The number of nitrogens with zero attached hydrogens (tertiary/aromatic N) is 2. The Bertz CT molecular complexity index is 381. The van der Waals surface area contributed by atoms with Gasteiger partial charge in [-0.15, -0.1) is 0 Å². The van der Waals surface area contributed by atoms with E-state index in [0.29, 0.717) is 0 Å². The second-order valence-electron chi connectivity index (χ2n) is 2.47. The first-order valence-electron chi connectivity index (χ1n) is 3.54. The first-order chi connectivity index (χ1) is 6.45. The highest BCUT2D eigenvalue weighted by Gasteiger charge is 2.35. The summed E-state index contributed by atoms with van der Waals surface area (Å²) in [6.45, 7) is 0. The number of halogens is 4. The number of hydrogen-bond donors (Lipinski definition) is 0. The summed E-state index contributed by atoms with van der Waals surface area (Å²) in [4.78, 5) is 3.38. The molecule has 0 aromatic carbocycles. The molecule has 1 aromatic rings. The van der Waals surface area contributed by atoms with Gasteiger partial charge in [0.05, 0.1) is 18.2 Å². The molecule has 2 nitrogen and oxygen atoms in total. The lowest BCUT2D eigenvalue weighted by atomic mass is 10.2. The van der Waals surface area contributed by atoms with Crippen LogP contribution in [-0.4, -0.2) is 4.98 Å². The predicted molar refractivity (Wildman–Crippen MR) is 51.3 cm³/mol. The molecule has 0 N–H and O–H groups in total. The van der Waals surface area contributed by atoms with Crippen molar-refractivity contribution in [1.82, 2.24) is 4.98 Å². The van der Waals surface area contributed by atoms with Crippen molar-refractivity contribution in [2.24, 2.45) is 0 Å². The average Bonchev–Trinajstić information content (AvgIpc) is 2.07. The monoisotopic (exact) mass is 312 g/mol. The maximum absolute atomic E-state index is 12.3. The second kappa shape index (κ2) is 4.13. The Morgan fingerprint density at radius 3 is 2.57 bits per heavy atom. The lowest BCUT2D eigenvalue weighted by Gasteiger charge is -2.08. The molecule has 0 saturated carbocycles. The van der Waals surface area contributed by atoms with Crippen LogP contribution >= 0.6 is 22.6 Å². The molecule has 0 bridgehead atoms. The van der Waals surface area contributed by atoms with Gasteiger partial charge in [-0.3, -0.25) is 0 Å². The van der Waals surface area contributed by atoms with E-state index in [2.05, 4.69) is 4.98 Å². The summed E-state index contributed by atoms with van der Waals surface area (Å²) in [5.41, 5.74) is -0.786. The molecule has 0 unspecified atom stereocenters. The van der Waals surface area contributed by atoms with Gasteiger partial charge in [-0.05, 0) is 34.7 Å². The largest absolute Gasteiger partial charge is 0.434 e. The fourth-order valence-corrected chi connectivity index (χ4v) is 1.47.